The van der Waals surface area contributed by atoms with Gasteiger partial charge in [-0.25, -0.2) is 0 Å². The van der Waals surface area contributed by atoms with Crippen molar-refractivity contribution in [3.05, 3.63) is 47.5 Å². The molecule has 0 unspecified atom stereocenters. The Labute approximate surface area is 113 Å². The van der Waals surface area contributed by atoms with Gasteiger partial charge in [-0.15, -0.1) is 0 Å². The molecule has 2 heteroatoms. The first-order valence-corrected chi connectivity index (χ1v) is 6.75. The van der Waals surface area contributed by atoms with Gasteiger partial charge in [0.15, 0.2) is 0 Å². The van der Waals surface area contributed by atoms with Crippen LogP contribution < -0.4 is 4.74 Å². The zero-order chi connectivity index (χ0) is 13.4. The highest BCUT2D eigenvalue weighted by Gasteiger charge is 2.20. The lowest BCUT2D eigenvalue weighted by Gasteiger charge is -2.22. The van der Waals surface area contributed by atoms with E-state index in [0.717, 1.165) is 40.5 Å². The molecule has 0 fully saturated rings. The molecule has 0 spiro atoms. The van der Waals surface area contributed by atoms with Gasteiger partial charge in [0.2, 0.25) is 0 Å². The van der Waals surface area contributed by atoms with Crippen molar-refractivity contribution in [3.8, 4) is 11.5 Å². The minimum Gasteiger partial charge on any atom is -0.507 e. The number of benzene rings is 2. The van der Waals surface area contributed by atoms with Gasteiger partial charge in [-0.3, -0.25) is 0 Å². The number of allylic oxidation sites excluding steroid dienone is 2. The monoisotopic (exact) mass is 254 g/mol. The predicted molar refractivity (Wildman–Crippen MR) is 77.9 cm³/mol. The van der Waals surface area contributed by atoms with Gasteiger partial charge in [0.05, 0.1) is 6.10 Å². The molecule has 0 saturated carbocycles. The van der Waals surface area contributed by atoms with E-state index in [1.54, 1.807) is 0 Å². The summed E-state index contributed by atoms with van der Waals surface area (Å²) in [6.45, 7) is 4.07. The summed E-state index contributed by atoms with van der Waals surface area (Å²) in [5, 5.41) is 12.3. The second-order valence-corrected chi connectivity index (χ2v) is 5.23. The molecular formula is C17H18O2. The Morgan fingerprint density at radius 2 is 1.63 bits per heavy atom. The van der Waals surface area contributed by atoms with E-state index in [1.165, 1.54) is 0 Å². The van der Waals surface area contributed by atoms with Crippen LogP contribution in [0.5, 0.6) is 11.5 Å². The van der Waals surface area contributed by atoms with Crippen molar-refractivity contribution in [2.45, 2.75) is 32.8 Å². The number of rotatable bonds is 2. The van der Waals surface area contributed by atoms with Crippen LogP contribution in [0.25, 0.3) is 10.8 Å². The summed E-state index contributed by atoms with van der Waals surface area (Å²) in [5.41, 5.74) is 2.14. The maximum absolute atomic E-state index is 10.5. The van der Waals surface area contributed by atoms with Crippen molar-refractivity contribution < 1.29 is 9.84 Å². The first kappa shape index (κ1) is 12.1. The largest absolute Gasteiger partial charge is 0.507 e. The topological polar surface area (TPSA) is 29.5 Å². The molecule has 98 valence electrons. The number of ether oxygens (including phenoxy) is 1. The number of hydrogen-bond donors (Lipinski definition) is 1. The third kappa shape index (κ3) is 1.97. The minimum atomic E-state index is 0.128. The zero-order valence-corrected chi connectivity index (χ0v) is 11.3. The first-order valence-electron chi connectivity index (χ1n) is 6.75. The van der Waals surface area contributed by atoms with Gasteiger partial charge in [-0.05, 0) is 26.7 Å². The Bertz CT molecular complexity index is 654. The molecule has 0 atom stereocenters. The van der Waals surface area contributed by atoms with Gasteiger partial charge in [-0.2, -0.15) is 0 Å². The van der Waals surface area contributed by atoms with Crippen molar-refractivity contribution in [3.63, 3.8) is 0 Å². The van der Waals surface area contributed by atoms with Crippen molar-refractivity contribution in [1.82, 2.24) is 0 Å². The summed E-state index contributed by atoms with van der Waals surface area (Å²) in [4.78, 5) is 0. The third-order valence-corrected chi connectivity index (χ3v) is 3.52. The second-order valence-electron chi connectivity index (χ2n) is 5.23. The molecule has 0 heterocycles. The van der Waals surface area contributed by atoms with Gasteiger partial charge < -0.3 is 9.84 Å². The third-order valence-electron chi connectivity index (χ3n) is 3.52. The van der Waals surface area contributed by atoms with E-state index < -0.39 is 0 Å². The number of aromatic hydroxyl groups is 1. The molecule has 0 saturated heterocycles. The fraction of sp³-hybridized carbons (Fsp3) is 0.294. The van der Waals surface area contributed by atoms with Crippen LogP contribution in [0, 0.1) is 0 Å². The van der Waals surface area contributed by atoms with E-state index in [-0.39, 0.29) is 6.10 Å². The highest BCUT2D eigenvalue weighted by Crippen LogP contribution is 2.42. The van der Waals surface area contributed by atoms with Crippen LogP contribution in [0.1, 0.15) is 25.0 Å². The SMILES string of the molecule is CC(C)Oc1c2c(c(O)c3ccccc13)CC=CC2. The summed E-state index contributed by atoms with van der Waals surface area (Å²) in [5.74, 6) is 1.34. The molecule has 2 aromatic rings. The summed E-state index contributed by atoms with van der Waals surface area (Å²) in [7, 11) is 0. The fourth-order valence-electron chi connectivity index (χ4n) is 2.70. The molecule has 19 heavy (non-hydrogen) atoms. The van der Waals surface area contributed by atoms with Gasteiger partial charge in [0, 0.05) is 21.9 Å². The molecule has 0 radical (unpaired) electrons. The average Bonchev–Trinajstić information content (AvgIpc) is 2.43. The van der Waals surface area contributed by atoms with Crippen LogP contribution in [-0.2, 0) is 12.8 Å². The molecule has 2 nitrogen and oxygen atoms in total. The van der Waals surface area contributed by atoms with E-state index in [9.17, 15) is 5.11 Å². The van der Waals surface area contributed by atoms with Crippen molar-refractivity contribution in [2.75, 3.05) is 0 Å². The summed E-state index contributed by atoms with van der Waals surface area (Å²) < 4.78 is 6.04. The van der Waals surface area contributed by atoms with E-state index in [1.807, 2.05) is 38.1 Å². The smallest absolute Gasteiger partial charge is 0.131 e. The molecule has 0 aromatic heterocycles. The van der Waals surface area contributed by atoms with E-state index in [0.29, 0.717) is 5.75 Å². The van der Waals surface area contributed by atoms with Crippen molar-refractivity contribution in [1.29, 1.82) is 0 Å². The van der Waals surface area contributed by atoms with Crippen molar-refractivity contribution in [2.24, 2.45) is 0 Å². The number of hydrogen-bond acceptors (Lipinski definition) is 2. The molecule has 1 N–H and O–H groups in total. The molecule has 1 aliphatic rings. The summed E-state index contributed by atoms with van der Waals surface area (Å²) in [6.07, 6.45) is 5.98. The summed E-state index contributed by atoms with van der Waals surface area (Å²) in [6, 6.07) is 7.91. The molecule has 0 amide bonds. The maximum Gasteiger partial charge on any atom is 0.131 e. The van der Waals surface area contributed by atoms with Gasteiger partial charge in [0.25, 0.3) is 0 Å². The Balaban J connectivity index is 2.34. The molecule has 3 rings (SSSR count). The zero-order valence-electron chi connectivity index (χ0n) is 11.3. The first-order chi connectivity index (χ1) is 9.18. The van der Waals surface area contributed by atoms with E-state index in [2.05, 4.69) is 12.2 Å². The van der Waals surface area contributed by atoms with Crippen LogP contribution in [0.2, 0.25) is 0 Å². The molecule has 2 aromatic carbocycles. The van der Waals surface area contributed by atoms with Crippen LogP contribution >= 0.6 is 0 Å². The second kappa shape index (κ2) is 4.61. The maximum atomic E-state index is 10.5. The highest BCUT2D eigenvalue weighted by molar-refractivity contribution is 5.96. The highest BCUT2D eigenvalue weighted by atomic mass is 16.5. The Morgan fingerprint density at radius 1 is 1.00 bits per heavy atom. The van der Waals surface area contributed by atoms with Gasteiger partial charge in [-0.1, -0.05) is 36.4 Å². The predicted octanol–water partition coefficient (Wildman–Crippen LogP) is 3.99. The average molecular weight is 254 g/mol. The van der Waals surface area contributed by atoms with Crippen LogP contribution in [0.4, 0.5) is 0 Å². The quantitative estimate of drug-likeness (QED) is 0.821. The van der Waals surface area contributed by atoms with Gasteiger partial charge in [0.1, 0.15) is 11.5 Å². The lowest BCUT2D eigenvalue weighted by molar-refractivity contribution is 0.243. The van der Waals surface area contributed by atoms with E-state index >= 15 is 0 Å². The lowest BCUT2D eigenvalue weighted by atomic mass is 9.91. The van der Waals surface area contributed by atoms with Crippen molar-refractivity contribution >= 4 is 10.8 Å². The molecular weight excluding hydrogens is 236 g/mol. The number of phenols is 1. The van der Waals surface area contributed by atoms with Crippen LogP contribution in [0.3, 0.4) is 0 Å². The lowest BCUT2D eigenvalue weighted by Crippen LogP contribution is -2.10. The van der Waals surface area contributed by atoms with Gasteiger partial charge >= 0.3 is 0 Å². The number of fused-ring (bicyclic) bond motifs is 2. The van der Waals surface area contributed by atoms with E-state index in [4.69, 9.17) is 4.74 Å². The normalized spacial score (nSPS) is 13.8. The Morgan fingerprint density at radius 3 is 2.32 bits per heavy atom. The molecule has 1 aliphatic carbocycles. The molecule has 0 bridgehead atoms. The number of phenolic OH excluding ortho intramolecular Hbond substituents is 1. The standard InChI is InChI=1S/C17H18O2/c1-11(2)19-17-14-9-5-3-7-12(14)16(18)13-8-4-6-10-15(13)17/h3-7,9,11,18H,8,10H2,1-2H3. The Kier molecular flexibility index (Phi) is 2.94. The minimum absolute atomic E-state index is 0.128. The Hall–Kier alpha value is -1.96. The fourth-order valence-corrected chi connectivity index (χ4v) is 2.70. The van der Waals surface area contributed by atoms with Crippen LogP contribution in [-0.4, -0.2) is 11.2 Å². The molecule has 0 aliphatic heterocycles. The summed E-state index contributed by atoms with van der Waals surface area (Å²) >= 11 is 0. The van der Waals surface area contributed by atoms with Crippen LogP contribution in [0.15, 0.2) is 36.4 Å².